The number of aliphatic carboxylic acids is 1. The molecule has 0 aromatic carbocycles. The summed E-state index contributed by atoms with van der Waals surface area (Å²) < 4.78 is 16.3. The first-order valence-corrected chi connectivity index (χ1v) is 14.8. The van der Waals surface area contributed by atoms with Gasteiger partial charge >= 0.3 is 11.9 Å². The Bertz CT molecular complexity index is 1240. The lowest BCUT2D eigenvalue weighted by Gasteiger charge is -2.42. The molecular weight excluding hydrogens is 604 g/mol. The number of aliphatic hydroxyl groups is 7. The lowest BCUT2D eigenvalue weighted by atomic mass is 9.90. The maximum Gasteiger partial charge on any atom is 0.336 e. The Kier molecular flexibility index (Phi) is 15.9. The summed E-state index contributed by atoms with van der Waals surface area (Å²) in [6.45, 7) is 6.11. The maximum atomic E-state index is 12.7. The summed E-state index contributed by atoms with van der Waals surface area (Å²) >= 11 is 0. The minimum absolute atomic E-state index is 0.0305. The van der Waals surface area contributed by atoms with Crippen molar-refractivity contribution in [3.05, 3.63) is 83.1 Å². The first kappa shape index (κ1) is 38.9. The van der Waals surface area contributed by atoms with Crippen molar-refractivity contribution in [2.45, 2.75) is 102 Å². The first-order valence-electron chi connectivity index (χ1n) is 14.8. The van der Waals surface area contributed by atoms with Gasteiger partial charge in [-0.2, -0.15) is 0 Å². The summed E-state index contributed by atoms with van der Waals surface area (Å²) in [6.07, 6.45) is 2.50. The van der Waals surface area contributed by atoms with Crippen LogP contribution < -0.4 is 0 Å². The summed E-state index contributed by atoms with van der Waals surface area (Å²) in [5, 5.41) is 79.6. The Morgan fingerprint density at radius 3 is 1.57 bits per heavy atom. The van der Waals surface area contributed by atoms with Gasteiger partial charge in [0.2, 0.25) is 6.29 Å². The zero-order chi connectivity index (χ0) is 34.6. The molecule has 2 heterocycles. The summed E-state index contributed by atoms with van der Waals surface area (Å²) in [7, 11) is 0. The minimum atomic E-state index is -1.75. The van der Waals surface area contributed by atoms with Crippen LogP contribution in [-0.4, -0.2) is 121 Å². The van der Waals surface area contributed by atoms with Gasteiger partial charge in [0, 0.05) is 11.1 Å². The van der Waals surface area contributed by atoms with Gasteiger partial charge in [-0.05, 0) is 40.5 Å². The second kappa shape index (κ2) is 18.8. The number of hydrogen-bond donors (Lipinski definition) is 8. The summed E-state index contributed by atoms with van der Waals surface area (Å²) in [5.74, 6) is -1.81. The molecule has 2 saturated heterocycles. The van der Waals surface area contributed by atoms with Gasteiger partial charge in [-0.3, -0.25) is 0 Å². The number of carbonyl (C=O) groups excluding carboxylic acids is 1. The van der Waals surface area contributed by atoms with E-state index in [0.717, 1.165) is 11.1 Å². The molecule has 0 aromatic rings. The maximum absolute atomic E-state index is 12.7. The monoisotopic (exact) mass is 650 g/mol. The van der Waals surface area contributed by atoms with E-state index in [1.807, 2.05) is 38.2 Å². The molecule has 256 valence electrons. The van der Waals surface area contributed by atoms with Crippen LogP contribution in [0.4, 0.5) is 0 Å². The second-order valence-corrected chi connectivity index (χ2v) is 11.3. The number of allylic oxidation sites excluding steroid dienone is 12. The molecule has 10 atom stereocenters. The van der Waals surface area contributed by atoms with Crippen molar-refractivity contribution in [1.29, 1.82) is 0 Å². The zero-order valence-corrected chi connectivity index (χ0v) is 26.3. The van der Waals surface area contributed by atoms with E-state index < -0.39 is 79.8 Å². The van der Waals surface area contributed by atoms with Crippen LogP contribution in [0.2, 0.25) is 0 Å². The molecule has 13 heteroatoms. The van der Waals surface area contributed by atoms with Gasteiger partial charge in [-0.1, -0.05) is 71.9 Å². The van der Waals surface area contributed by atoms with E-state index in [4.69, 9.17) is 19.3 Å². The molecule has 2 rings (SSSR count). The molecule has 0 aromatic heterocycles. The fourth-order valence-corrected chi connectivity index (χ4v) is 4.55. The molecule has 2 fully saturated rings. The molecule has 0 amide bonds. The lowest BCUT2D eigenvalue weighted by molar-refractivity contribution is -0.290. The van der Waals surface area contributed by atoms with E-state index in [1.54, 1.807) is 24.3 Å². The van der Waals surface area contributed by atoms with Crippen LogP contribution >= 0.6 is 0 Å². The number of aliphatic hydroxyl groups excluding tert-OH is 7. The molecule has 8 N–H and O–H groups in total. The third-order valence-electron chi connectivity index (χ3n) is 7.52. The average molecular weight is 651 g/mol. The van der Waals surface area contributed by atoms with Crippen LogP contribution in [0.15, 0.2) is 83.1 Å². The van der Waals surface area contributed by atoms with E-state index in [2.05, 4.69) is 0 Å². The number of esters is 1. The molecular formula is C33H46O13. The molecule has 2 aliphatic heterocycles. The van der Waals surface area contributed by atoms with Gasteiger partial charge in [-0.25, -0.2) is 9.59 Å². The Morgan fingerprint density at radius 1 is 0.609 bits per heavy atom. The smallest absolute Gasteiger partial charge is 0.336 e. The van der Waals surface area contributed by atoms with E-state index in [9.17, 15) is 45.3 Å². The first-order chi connectivity index (χ1) is 21.7. The molecule has 0 radical (unpaired) electrons. The number of ether oxygens (including phenoxy) is 3. The largest absolute Gasteiger partial charge is 0.478 e. The van der Waals surface area contributed by atoms with Gasteiger partial charge in [0.05, 0.1) is 18.8 Å². The van der Waals surface area contributed by atoms with Crippen LogP contribution in [0.25, 0.3) is 0 Å². The molecule has 2 aliphatic rings. The van der Waals surface area contributed by atoms with Crippen LogP contribution in [0, 0.1) is 0 Å². The van der Waals surface area contributed by atoms with Gasteiger partial charge in [0.15, 0.2) is 0 Å². The van der Waals surface area contributed by atoms with Crippen LogP contribution in [0.1, 0.15) is 40.5 Å². The molecule has 0 bridgehead atoms. The van der Waals surface area contributed by atoms with Crippen molar-refractivity contribution in [3.63, 3.8) is 0 Å². The lowest BCUT2D eigenvalue weighted by Crippen LogP contribution is -2.60. The second-order valence-electron chi connectivity index (χ2n) is 11.3. The predicted octanol–water partition coefficient (Wildman–Crippen LogP) is 0.498. The number of hydrogen-bond acceptors (Lipinski definition) is 12. The Morgan fingerprint density at radius 2 is 1.07 bits per heavy atom. The molecule has 0 spiro atoms. The SMILES string of the molecule is CC(/C=C/C=C(\C)C(=O)O)=C\C=C\C=C(C)\C=C\C=C(/C)C(=O)O[C@@H]1O[C@H](CC[C@@H]2O[C@H](CO)[C@@H](O)[C@H](O)[C@H]2O)[C@@H](O)[C@H](O)[C@H]1O. The quantitative estimate of drug-likeness (QED) is 0.0773. The number of rotatable bonds is 13. The zero-order valence-electron chi connectivity index (χ0n) is 26.3. The van der Waals surface area contributed by atoms with Crippen molar-refractivity contribution in [1.82, 2.24) is 0 Å². The molecule has 0 saturated carbocycles. The standard InChI is InChI=1S/C33H46O13/c1-18(11-7-13-20(3)31(41)42)9-5-6-10-19(2)12-8-14-21(4)32(43)46-33-30(40)29(39)26(36)23(45-33)16-15-22-25(35)28(38)27(37)24(17-34)44-22/h5-14,22-30,33-40H,15-17H2,1-4H3,(H,41,42)/b6-5+,11-7+,12-8+,18-9+,19-10+,20-13+,21-14+/t22-,23+,24+,25-,26+,27+,28+,29-,30+,33-/m0/s1. The number of carbonyl (C=O) groups is 2. The van der Waals surface area contributed by atoms with E-state index >= 15 is 0 Å². The summed E-state index contributed by atoms with van der Waals surface area (Å²) in [4.78, 5) is 23.5. The predicted molar refractivity (Wildman–Crippen MR) is 166 cm³/mol. The summed E-state index contributed by atoms with van der Waals surface area (Å²) in [6, 6.07) is 0. The Balaban J connectivity index is 1.94. The third kappa shape index (κ3) is 11.5. The molecule has 13 nitrogen and oxygen atoms in total. The molecule has 46 heavy (non-hydrogen) atoms. The Hall–Kier alpha value is -3.24. The fourth-order valence-electron chi connectivity index (χ4n) is 4.55. The van der Waals surface area contributed by atoms with Crippen molar-refractivity contribution in [2.75, 3.05) is 6.61 Å². The molecule has 0 aliphatic carbocycles. The summed E-state index contributed by atoms with van der Waals surface area (Å²) in [5.41, 5.74) is 2.17. The highest BCUT2D eigenvalue weighted by atomic mass is 16.7. The van der Waals surface area contributed by atoms with E-state index in [-0.39, 0.29) is 24.0 Å². The van der Waals surface area contributed by atoms with Crippen LogP contribution in [0.3, 0.4) is 0 Å². The highest BCUT2D eigenvalue weighted by molar-refractivity contribution is 5.88. The van der Waals surface area contributed by atoms with Crippen LogP contribution in [-0.2, 0) is 23.8 Å². The van der Waals surface area contributed by atoms with Crippen molar-refractivity contribution < 1.29 is 64.7 Å². The number of carboxylic acid groups (broad SMARTS) is 1. The van der Waals surface area contributed by atoms with Crippen LogP contribution in [0.5, 0.6) is 0 Å². The molecule has 0 unspecified atom stereocenters. The minimum Gasteiger partial charge on any atom is -0.478 e. The normalized spacial score (nSPS) is 33.7. The van der Waals surface area contributed by atoms with E-state index in [1.165, 1.54) is 26.0 Å². The van der Waals surface area contributed by atoms with Gasteiger partial charge in [0.1, 0.15) is 42.7 Å². The van der Waals surface area contributed by atoms with Crippen molar-refractivity contribution in [2.24, 2.45) is 0 Å². The third-order valence-corrected chi connectivity index (χ3v) is 7.52. The van der Waals surface area contributed by atoms with Gasteiger partial charge in [0.25, 0.3) is 0 Å². The number of carboxylic acids is 1. The fraction of sp³-hybridized carbons (Fsp3) is 0.515. The van der Waals surface area contributed by atoms with Gasteiger partial charge in [-0.15, -0.1) is 0 Å². The Labute approximate surface area is 268 Å². The van der Waals surface area contributed by atoms with Crippen molar-refractivity contribution in [3.8, 4) is 0 Å². The van der Waals surface area contributed by atoms with E-state index in [0.29, 0.717) is 0 Å². The topological polar surface area (TPSA) is 224 Å². The average Bonchev–Trinajstić information content (AvgIpc) is 3.02. The highest BCUT2D eigenvalue weighted by Gasteiger charge is 2.47. The van der Waals surface area contributed by atoms with Crippen molar-refractivity contribution >= 4 is 11.9 Å². The highest BCUT2D eigenvalue weighted by Crippen LogP contribution is 2.29. The van der Waals surface area contributed by atoms with Gasteiger partial charge < -0.3 is 55.1 Å².